The number of carbonyl (C=O) groups is 1. The number of aliphatic hydroxyl groups is 1. The highest BCUT2D eigenvalue weighted by molar-refractivity contribution is 6.01. The summed E-state index contributed by atoms with van der Waals surface area (Å²) in [7, 11) is 0. The molecule has 2 atom stereocenters. The largest absolute Gasteiger partial charge is 0.393 e. The van der Waals surface area contributed by atoms with Crippen LogP contribution in [-0.2, 0) is 0 Å². The number of hydrogen-bond donors (Lipinski definition) is 3. The maximum Gasteiger partial charge on any atom is 0.319 e. The molecule has 0 bridgehead atoms. The predicted octanol–water partition coefficient (Wildman–Crippen LogP) is 3.51. The van der Waals surface area contributed by atoms with Crippen molar-refractivity contribution in [2.45, 2.75) is 31.8 Å². The zero-order valence-corrected chi connectivity index (χ0v) is 12.6. The third kappa shape index (κ3) is 3.57. The van der Waals surface area contributed by atoms with Gasteiger partial charge in [-0.2, -0.15) is 0 Å². The van der Waals surface area contributed by atoms with Crippen LogP contribution in [0.1, 0.15) is 25.7 Å². The SMILES string of the molecule is O=C(NCC1CCCC(O)C1)Nc1cccc2ccccc12. The number of benzene rings is 2. The molecule has 0 heterocycles. The molecule has 3 N–H and O–H groups in total. The molecular formula is C18H22N2O2. The second-order valence-electron chi connectivity index (χ2n) is 6.05. The van der Waals surface area contributed by atoms with Crippen LogP contribution < -0.4 is 10.6 Å². The Labute approximate surface area is 130 Å². The van der Waals surface area contributed by atoms with Crippen LogP contribution >= 0.6 is 0 Å². The molecule has 1 aliphatic carbocycles. The lowest BCUT2D eigenvalue weighted by molar-refractivity contribution is 0.101. The predicted molar refractivity (Wildman–Crippen MR) is 88.9 cm³/mol. The van der Waals surface area contributed by atoms with E-state index < -0.39 is 0 Å². The van der Waals surface area contributed by atoms with Crippen molar-refractivity contribution in [1.29, 1.82) is 0 Å². The van der Waals surface area contributed by atoms with Crippen molar-refractivity contribution in [2.75, 3.05) is 11.9 Å². The summed E-state index contributed by atoms with van der Waals surface area (Å²) in [6.45, 7) is 0.619. The third-order valence-corrected chi connectivity index (χ3v) is 4.34. The van der Waals surface area contributed by atoms with E-state index in [1.54, 1.807) is 0 Å². The van der Waals surface area contributed by atoms with Crippen LogP contribution in [0.5, 0.6) is 0 Å². The van der Waals surface area contributed by atoms with Gasteiger partial charge in [0.25, 0.3) is 0 Å². The van der Waals surface area contributed by atoms with Gasteiger partial charge in [-0.05, 0) is 36.6 Å². The van der Waals surface area contributed by atoms with E-state index in [0.717, 1.165) is 42.1 Å². The van der Waals surface area contributed by atoms with E-state index in [2.05, 4.69) is 10.6 Å². The van der Waals surface area contributed by atoms with Crippen LogP contribution in [0.25, 0.3) is 10.8 Å². The molecule has 116 valence electrons. The molecule has 2 amide bonds. The molecule has 3 rings (SSSR count). The average molecular weight is 298 g/mol. The molecule has 22 heavy (non-hydrogen) atoms. The normalized spacial score (nSPS) is 21.5. The van der Waals surface area contributed by atoms with Gasteiger partial charge in [-0.1, -0.05) is 42.8 Å². The first-order chi connectivity index (χ1) is 10.7. The van der Waals surface area contributed by atoms with Gasteiger partial charge >= 0.3 is 6.03 Å². The van der Waals surface area contributed by atoms with Gasteiger partial charge in [0.1, 0.15) is 0 Å². The lowest BCUT2D eigenvalue weighted by atomic mass is 9.87. The summed E-state index contributed by atoms with van der Waals surface area (Å²) in [4.78, 5) is 12.1. The minimum atomic E-state index is -0.207. The Bertz CT molecular complexity index is 651. The smallest absolute Gasteiger partial charge is 0.319 e. The second-order valence-corrected chi connectivity index (χ2v) is 6.05. The second kappa shape index (κ2) is 6.79. The van der Waals surface area contributed by atoms with E-state index in [9.17, 15) is 9.90 Å². The van der Waals surface area contributed by atoms with Gasteiger partial charge < -0.3 is 15.7 Å². The molecule has 4 nitrogen and oxygen atoms in total. The monoisotopic (exact) mass is 298 g/mol. The molecule has 0 saturated heterocycles. The first-order valence-electron chi connectivity index (χ1n) is 7.93. The molecule has 0 radical (unpaired) electrons. The van der Waals surface area contributed by atoms with Gasteiger partial charge in [0.15, 0.2) is 0 Å². The molecule has 2 unspecified atom stereocenters. The average Bonchev–Trinajstić information content (AvgIpc) is 2.53. The molecule has 0 spiro atoms. The van der Waals surface area contributed by atoms with Crippen molar-refractivity contribution in [2.24, 2.45) is 5.92 Å². The van der Waals surface area contributed by atoms with Crippen LogP contribution in [0.4, 0.5) is 10.5 Å². The summed E-state index contributed by atoms with van der Waals surface area (Å²) in [5.74, 6) is 0.377. The Hall–Kier alpha value is -2.07. The first kappa shape index (κ1) is 14.9. The lowest BCUT2D eigenvalue weighted by Gasteiger charge is -2.25. The minimum Gasteiger partial charge on any atom is -0.393 e. The van der Waals surface area contributed by atoms with Crippen LogP contribution in [0.3, 0.4) is 0 Å². The van der Waals surface area contributed by atoms with Gasteiger partial charge in [0.05, 0.1) is 11.8 Å². The molecule has 1 saturated carbocycles. The fourth-order valence-electron chi connectivity index (χ4n) is 3.19. The van der Waals surface area contributed by atoms with Crippen LogP contribution in [0.2, 0.25) is 0 Å². The minimum absolute atomic E-state index is 0.184. The van der Waals surface area contributed by atoms with Crippen LogP contribution in [0, 0.1) is 5.92 Å². The Morgan fingerprint density at radius 3 is 2.82 bits per heavy atom. The van der Waals surface area contributed by atoms with Crippen molar-refractivity contribution in [3.8, 4) is 0 Å². The number of urea groups is 1. The van der Waals surface area contributed by atoms with Crippen molar-refractivity contribution in [1.82, 2.24) is 5.32 Å². The zero-order chi connectivity index (χ0) is 15.4. The standard InChI is InChI=1S/C18H22N2O2/c21-15-8-3-5-13(11-15)12-19-18(22)20-17-10-4-7-14-6-1-2-9-16(14)17/h1-2,4,6-7,9-10,13,15,21H,3,5,8,11-12H2,(H2,19,20,22). The Balaban J connectivity index is 1.59. The van der Waals surface area contributed by atoms with Crippen LogP contribution in [-0.4, -0.2) is 23.8 Å². The number of amides is 2. The van der Waals surface area contributed by atoms with Crippen molar-refractivity contribution >= 4 is 22.5 Å². The molecule has 2 aromatic rings. The number of carbonyl (C=O) groups excluding carboxylic acids is 1. The van der Waals surface area contributed by atoms with E-state index in [1.165, 1.54) is 0 Å². The van der Waals surface area contributed by atoms with E-state index in [4.69, 9.17) is 0 Å². The maximum absolute atomic E-state index is 12.1. The van der Waals surface area contributed by atoms with Crippen LogP contribution in [0.15, 0.2) is 42.5 Å². The van der Waals surface area contributed by atoms with Crippen molar-refractivity contribution in [3.63, 3.8) is 0 Å². The highest BCUT2D eigenvalue weighted by atomic mass is 16.3. The molecular weight excluding hydrogens is 276 g/mol. The lowest BCUT2D eigenvalue weighted by Crippen LogP contribution is -2.35. The number of rotatable bonds is 3. The van der Waals surface area contributed by atoms with Crippen molar-refractivity contribution in [3.05, 3.63) is 42.5 Å². The summed E-state index contributed by atoms with van der Waals surface area (Å²) in [6, 6.07) is 13.7. The number of anilines is 1. The van der Waals surface area contributed by atoms with Gasteiger partial charge in [0, 0.05) is 11.9 Å². The molecule has 1 fully saturated rings. The molecule has 0 aliphatic heterocycles. The summed E-state index contributed by atoms with van der Waals surface area (Å²) >= 11 is 0. The number of fused-ring (bicyclic) bond motifs is 1. The summed E-state index contributed by atoms with van der Waals surface area (Å²) in [6.07, 6.45) is 3.58. The number of hydrogen-bond acceptors (Lipinski definition) is 2. The topological polar surface area (TPSA) is 61.4 Å². The molecule has 1 aliphatic rings. The van der Waals surface area contributed by atoms with Gasteiger partial charge in [-0.15, -0.1) is 0 Å². The number of aliphatic hydroxyl groups excluding tert-OH is 1. The van der Waals surface area contributed by atoms with Crippen molar-refractivity contribution < 1.29 is 9.90 Å². The quantitative estimate of drug-likeness (QED) is 0.812. The Morgan fingerprint density at radius 2 is 1.95 bits per heavy atom. The summed E-state index contributed by atoms with van der Waals surface area (Å²) in [5.41, 5.74) is 0.819. The van der Waals surface area contributed by atoms with Gasteiger partial charge in [0.2, 0.25) is 0 Å². The fourth-order valence-corrected chi connectivity index (χ4v) is 3.19. The summed E-state index contributed by atoms with van der Waals surface area (Å²) < 4.78 is 0. The maximum atomic E-state index is 12.1. The zero-order valence-electron chi connectivity index (χ0n) is 12.6. The highest BCUT2D eigenvalue weighted by Gasteiger charge is 2.20. The van der Waals surface area contributed by atoms with E-state index in [1.807, 2.05) is 42.5 Å². The Kier molecular flexibility index (Phi) is 4.59. The molecule has 2 aromatic carbocycles. The summed E-state index contributed by atoms with van der Waals surface area (Å²) in [5, 5.41) is 17.7. The highest BCUT2D eigenvalue weighted by Crippen LogP contribution is 2.24. The number of nitrogens with one attached hydrogen (secondary N) is 2. The van der Waals surface area contributed by atoms with E-state index >= 15 is 0 Å². The molecule has 0 aromatic heterocycles. The van der Waals surface area contributed by atoms with E-state index in [-0.39, 0.29) is 12.1 Å². The third-order valence-electron chi connectivity index (χ3n) is 4.34. The van der Waals surface area contributed by atoms with Gasteiger partial charge in [-0.25, -0.2) is 4.79 Å². The van der Waals surface area contributed by atoms with E-state index in [0.29, 0.717) is 12.5 Å². The van der Waals surface area contributed by atoms with Gasteiger partial charge in [-0.3, -0.25) is 0 Å². The molecule has 4 heteroatoms. The fraction of sp³-hybridized carbons (Fsp3) is 0.389. The Morgan fingerprint density at radius 1 is 1.14 bits per heavy atom. The first-order valence-corrected chi connectivity index (χ1v) is 7.93.